The van der Waals surface area contributed by atoms with Crippen LogP contribution in [-0.2, 0) is 19.9 Å². The van der Waals surface area contributed by atoms with Crippen LogP contribution < -0.4 is 0 Å². The molecule has 118 valence electrons. The maximum Gasteiger partial charge on any atom is 0.357 e. The van der Waals surface area contributed by atoms with Gasteiger partial charge in [-0.05, 0) is 13.8 Å². The van der Waals surface area contributed by atoms with Gasteiger partial charge in [-0.25, -0.2) is 21.6 Å². The van der Waals surface area contributed by atoms with Crippen LogP contribution in [0.5, 0.6) is 0 Å². The minimum Gasteiger partial charge on any atom is -0.476 e. The predicted molar refractivity (Wildman–Crippen MR) is 72.3 cm³/mol. The van der Waals surface area contributed by atoms with Crippen LogP contribution in [0, 0.1) is 6.92 Å². The van der Waals surface area contributed by atoms with Crippen LogP contribution in [0.15, 0.2) is 4.90 Å². The topological polar surface area (TPSA) is 138 Å². The third kappa shape index (κ3) is 2.80. The fourth-order valence-electron chi connectivity index (χ4n) is 2.34. The van der Waals surface area contributed by atoms with E-state index in [0.717, 1.165) is 4.31 Å². The van der Waals surface area contributed by atoms with E-state index in [4.69, 9.17) is 5.11 Å². The molecule has 2 N–H and O–H groups in total. The standard InChI is InChI=1S/C10H15N3O6S2/c1-6-5-20(16,17)4-3-13(6)21(18,19)9-7(2)11-12-8(9)10(14)15/h6H,3-5H2,1-2H3,(H,11,12)(H,14,15). The Morgan fingerprint density at radius 2 is 2.10 bits per heavy atom. The van der Waals surface area contributed by atoms with E-state index in [1.54, 1.807) is 0 Å². The van der Waals surface area contributed by atoms with E-state index >= 15 is 0 Å². The van der Waals surface area contributed by atoms with Gasteiger partial charge in [0, 0.05) is 12.6 Å². The number of aromatic nitrogens is 2. The molecule has 1 aromatic heterocycles. The largest absolute Gasteiger partial charge is 0.476 e. The fraction of sp³-hybridized carbons (Fsp3) is 0.600. The predicted octanol–water partition coefficient (Wildman–Crippen LogP) is -0.776. The zero-order valence-electron chi connectivity index (χ0n) is 11.4. The van der Waals surface area contributed by atoms with Gasteiger partial charge in [0.05, 0.1) is 17.2 Å². The minimum absolute atomic E-state index is 0.105. The molecule has 1 unspecified atom stereocenters. The average molecular weight is 337 g/mol. The van der Waals surface area contributed by atoms with Crippen LogP contribution in [-0.4, -0.2) is 66.5 Å². The Bertz CT molecular complexity index is 780. The lowest BCUT2D eigenvalue weighted by Gasteiger charge is -2.31. The van der Waals surface area contributed by atoms with Crippen molar-refractivity contribution >= 4 is 25.8 Å². The molecule has 0 bridgehead atoms. The Labute approximate surface area is 121 Å². The lowest BCUT2D eigenvalue weighted by Crippen LogP contribution is -2.49. The van der Waals surface area contributed by atoms with Crippen LogP contribution in [0.1, 0.15) is 23.1 Å². The molecular formula is C10H15N3O6S2. The van der Waals surface area contributed by atoms with Gasteiger partial charge in [0.2, 0.25) is 10.0 Å². The summed E-state index contributed by atoms with van der Waals surface area (Å²) in [4.78, 5) is 10.7. The van der Waals surface area contributed by atoms with Crippen molar-refractivity contribution in [2.75, 3.05) is 18.1 Å². The number of nitrogens with one attached hydrogen (secondary N) is 1. The van der Waals surface area contributed by atoms with Crippen LogP contribution >= 0.6 is 0 Å². The molecule has 1 aliphatic heterocycles. The minimum atomic E-state index is -4.13. The normalized spacial score (nSPS) is 23.0. The van der Waals surface area contributed by atoms with Crippen molar-refractivity contribution in [3.63, 3.8) is 0 Å². The Balaban J connectivity index is 2.49. The third-order valence-electron chi connectivity index (χ3n) is 3.27. The highest BCUT2D eigenvalue weighted by Gasteiger charge is 2.40. The number of H-pyrrole nitrogens is 1. The number of carboxylic acid groups (broad SMARTS) is 1. The van der Waals surface area contributed by atoms with Crippen molar-refractivity contribution in [1.82, 2.24) is 14.5 Å². The van der Waals surface area contributed by atoms with Gasteiger partial charge in [0.25, 0.3) is 0 Å². The lowest BCUT2D eigenvalue weighted by molar-refractivity contribution is 0.0686. The summed E-state index contributed by atoms with van der Waals surface area (Å²) in [6.45, 7) is 2.68. The summed E-state index contributed by atoms with van der Waals surface area (Å²) in [5.74, 6) is -2.03. The summed E-state index contributed by atoms with van der Waals surface area (Å²) in [6, 6.07) is -0.760. The molecule has 1 aromatic rings. The Morgan fingerprint density at radius 1 is 1.48 bits per heavy atom. The van der Waals surface area contributed by atoms with Crippen LogP contribution in [0.2, 0.25) is 0 Å². The van der Waals surface area contributed by atoms with Crippen molar-refractivity contribution in [2.24, 2.45) is 0 Å². The molecule has 21 heavy (non-hydrogen) atoms. The zero-order chi connectivity index (χ0) is 16.0. The second-order valence-corrected chi connectivity index (χ2v) is 8.97. The molecule has 2 heterocycles. The van der Waals surface area contributed by atoms with Crippen LogP contribution in [0.25, 0.3) is 0 Å². The number of sulfone groups is 1. The summed E-state index contributed by atoms with van der Waals surface area (Å²) in [5, 5.41) is 14.8. The lowest BCUT2D eigenvalue weighted by atomic mass is 10.4. The average Bonchev–Trinajstić information content (AvgIpc) is 2.70. The van der Waals surface area contributed by atoms with E-state index in [0.29, 0.717) is 0 Å². The number of hydrogen-bond acceptors (Lipinski definition) is 6. The molecular weight excluding hydrogens is 322 g/mol. The smallest absolute Gasteiger partial charge is 0.357 e. The van der Waals surface area contributed by atoms with Gasteiger partial charge < -0.3 is 5.11 Å². The van der Waals surface area contributed by atoms with Crippen molar-refractivity contribution in [1.29, 1.82) is 0 Å². The van der Waals surface area contributed by atoms with E-state index < -0.39 is 42.5 Å². The van der Waals surface area contributed by atoms with Crippen molar-refractivity contribution in [2.45, 2.75) is 24.8 Å². The summed E-state index contributed by atoms with van der Waals surface area (Å²) >= 11 is 0. The number of carbonyl (C=O) groups is 1. The first-order chi connectivity index (χ1) is 9.56. The maximum absolute atomic E-state index is 12.6. The van der Waals surface area contributed by atoms with Gasteiger partial charge in [-0.3, -0.25) is 5.10 Å². The monoisotopic (exact) mass is 337 g/mol. The highest BCUT2D eigenvalue weighted by Crippen LogP contribution is 2.26. The molecule has 0 spiro atoms. The van der Waals surface area contributed by atoms with E-state index in [9.17, 15) is 21.6 Å². The van der Waals surface area contributed by atoms with Gasteiger partial charge in [-0.15, -0.1) is 0 Å². The second kappa shape index (κ2) is 5.07. The Hall–Kier alpha value is -1.46. The quantitative estimate of drug-likeness (QED) is 0.738. The van der Waals surface area contributed by atoms with Crippen LogP contribution in [0.4, 0.5) is 0 Å². The number of aromatic carboxylic acids is 1. The Morgan fingerprint density at radius 3 is 2.62 bits per heavy atom. The highest BCUT2D eigenvalue weighted by atomic mass is 32.2. The summed E-state index contributed by atoms with van der Waals surface area (Å²) in [7, 11) is -7.41. The molecule has 1 aliphatic rings. The van der Waals surface area contributed by atoms with E-state index in [1.165, 1.54) is 13.8 Å². The first-order valence-corrected chi connectivity index (χ1v) is 9.33. The zero-order valence-corrected chi connectivity index (χ0v) is 13.0. The molecule has 0 amide bonds. The number of rotatable bonds is 3. The van der Waals surface area contributed by atoms with Crippen LogP contribution in [0.3, 0.4) is 0 Å². The number of nitrogens with zero attached hydrogens (tertiary/aromatic N) is 2. The number of aryl methyl sites for hydroxylation is 1. The molecule has 11 heteroatoms. The fourth-order valence-corrected chi connectivity index (χ4v) is 6.03. The molecule has 0 saturated carbocycles. The van der Waals surface area contributed by atoms with Crippen molar-refractivity contribution < 1.29 is 26.7 Å². The Kier molecular flexibility index (Phi) is 3.84. The summed E-state index contributed by atoms with van der Waals surface area (Å²) in [6.07, 6.45) is 0. The van der Waals surface area contributed by atoms with Gasteiger partial charge >= 0.3 is 5.97 Å². The van der Waals surface area contributed by atoms with E-state index in [2.05, 4.69) is 10.2 Å². The molecule has 0 aliphatic carbocycles. The number of carboxylic acids is 1. The van der Waals surface area contributed by atoms with E-state index in [-0.39, 0.29) is 23.7 Å². The van der Waals surface area contributed by atoms with E-state index in [1.807, 2.05) is 0 Å². The molecule has 1 atom stereocenters. The molecule has 0 radical (unpaired) electrons. The molecule has 1 saturated heterocycles. The maximum atomic E-state index is 12.6. The SMILES string of the molecule is Cc1[nH]nc(C(=O)O)c1S(=O)(=O)N1CCS(=O)(=O)CC1C. The molecule has 9 nitrogen and oxygen atoms in total. The molecule has 2 rings (SSSR count). The second-order valence-electron chi connectivity index (χ2n) is 4.91. The summed E-state index contributed by atoms with van der Waals surface area (Å²) < 4.78 is 49.3. The van der Waals surface area contributed by atoms with Gasteiger partial charge in [0.15, 0.2) is 15.5 Å². The highest BCUT2D eigenvalue weighted by molar-refractivity contribution is 7.92. The number of hydrogen-bond donors (Lipinski definition) is 2. The molecule has 0 aromatic carbocycles. The third-order valence-corrected chi connectivity index (χ3v) is 7.24. The number of sulfonamides is 1. The molecule has 1 fully saturated rings. The van der Waals surface area contributed by atoms with Gasteiger partial charge in [-0.1, -0.05) is 0 Å². The van der Waals surface area contributed by atoms with Crippen molar-refractivity contribution in [3.05, 3.63) is 11.4 Å². The van der Waals surface area contributed by atoms with Gasteiger partial charge in [0.1, 0.15) is 4.90 Å². The number of aromatic amines is 1. The first kappa shape index (κ1) is 15.9. The summed E-state index contributed by atoms with van der Waals surface area (Å²) in [5.41, 5.74) is -0.485. The first-order valence-electron chi connectivity index (χ1n) is 6.07. The van der Waals surface area contributed by atoms with Crippen molar-refractivity contribution in [3.8, 4) is 0 Å². The van der Waals surface area contributed by atoms with Gasteiger partial charge in [-0.2, -0.15) is 9.40 Å².